The Morgan fingerprint density at radius 1 is 1.00 bits per heavy atom. The van der Waals surface area contributed by atoms with Crippen molar-refractivity contribution in [1.29, 1.82) is 0 Å². The van der Waals surface area contributed by atoms with Crippen LogP contribution in [0.2, 0.25) is 0 Å². The number of rotatable bonds is 4. The number of benzene rings is 2. The smallest absolute Gasteiger partial charge is 0.227 e. The Hall–Kier alpha value is -3.33. The lowest BCUT2D eigenvalue weighted by Gasteiger charge is -2.17. The second kappa shape index (κ2) is 12.1. The van der Waals surface area contributed by atoms with Gasteiger partial charge >= 0.3 is 0 Å². The summed E-state index contributed by atoms with van der Waals surface area (Å²) < 4.78 is 32.4. The summed E-state index contributed by atoms with van der Waals surface area (Å²) in [7, 11) is 0. The second-order valence-corrected chi connectivity index (χ2v) is 8.94. The van der Waals surface area contributed by atoms with Gasteiger partial charge in [0.2, 0.25) is 5.95 Å². The summed E-state index contributed by atoms with van der Waals surface area (Å²) >= 11 is 0. The largest absolute Gasteiger partial charge is 0.492 e. The first kappa shape index (κ1) is 24.4. The SMILES string of the molecule is Fc1cnc2nc1-c1cccc(c1)COC/C=C/COCc1cc(ccc1OCCN1CCCC1)N2. The number of likely N-dealkylation sites (tertiary alicyclic amines) is 1. The third-order valence-electron chi connectivity index (χ3n) is 6.25. The quantitative estimate of drug-likeness (QED) is 0.510. The van der Waals surface area contributed by atoms with E-state index in [1.807, 2.05) is 54.6 Å². The molecule has 2 aliphatic heterocycles. The lowest BCUT2D eigenvalue weighted by atomic mass is 10.1. The van der Waals surface area contributed by atoms with E-state index >= 15 is 0 Å². The van der Waals surface area contributed by atoms with E-state index in [9.17, 15) is 4.39 Å². The molecular formula is C28H31FN4O3. The Morgan fingerprint density at radius 2 is 1.83 bits per heavy atom. The van der Waals surface area contributed by atoms with Gasteiger partial charge in [-0.25, -0.2) is 14.4 Å². The number of ether oxygens (including phenoxy) is 3. The second-order valence-electron chi connectivity index (χ2n) is 8.94. The van der Waals surface area contributed by atoms with Gasteiger partial charge in [0.15, 0.2) is 5.82 Å². The van der Waals surface area contributed by atoms with Crippen LogP contribution in [0.1, 0.15) is 24.0 Å². The van der Waals surface area contributed by atoms with E-state index in [-0.39, 0.29) is 5.69 Å². The number of fused-ring (bicyclic) bond motifs is 7. The maximum atomic E-state index is 14.7. The van der Waals surface area contributed by atoms with Gasteiger partial charge in [-0.2, -0.15) is 0 Å². The summed E-state index contributed by atoms with van der Waals surface area (Å²) in [4.78, 5) is 11.0. The maximum Gasteiger partial charge on any atom is 0.227 e. The van der Waals surface area contributed by atoms with Crippen LogP contribution in [-0.4, -0.2) is 54.3 Å². The highest BCUT2D eigenvalue weighted by molar-refractivity contribution is 5.64. The molecule has 0 spiro atoms. The van der Waals surface area contributed by atoms with E-state index in [1.54, 1.807) is 0 Å². The van der Waals surface area contributed by atoms with Gasteiger partial charge in [0.25, 0.3) is 0 Å². The van der Waals surface area contributed by atoms with Gasteiger partial charge in [0, 0.05) is 23.4 Å². The van der Waals surface area contributed by atoms with Gasteiger partial charge in [0.1, 0.15) is 18.1 Å². The highest BCUT2D eigenvalue weighted by Gasteiger charge is 2.14. The van der Waals surface area contributed by atoms with Gasteiger partial charge in [-0.1, -0.05) is 30.4 Å². The molecule has 7 nitrogen and oxygen atoms in total. The molecule has 0 unspecified atom stereocenters. The topological polar surface area (TPSA) is 68.7 Å². The molecule has 0 atom stereocenters. The van der Waals surface area contributed by atoms with Crippen LogP contribution >= 0.6 is 0 Å². The van der Waals surface area contributed by atoms with Gasteiger partial charge in [-0.05, 0) is 55.8 Å². The Bertz CT molecular complexity index is 1200. The Balaban J connectivity index is 1.39. The molecular weight excluding hydrogens is 459 g/mol. The average Bonchev–Trinajstić information content (AvgIpc) is 3.41. The lowest BCUT2D eigenvalue weighted by Crippen LogP contribution is -2.25. The third-order valence-corrected chi connectivity index (χ3v) is 6.25. The fourth-order valence-electron chi connectivity index (χ4n) is 4.39. The molecule has 188 valence electrons. The van der Waals surface area contributed by atoms with Crippen LogP contribution in [-0.2, 0) is 22.7 Å². The first-order valence-electron chi connectivity index (χ1n) is 12.4. The Kier molecular flexibility index (Phi) is 8.17. The minimum atomic E-state index is -0.480. The molecule has 1 fully saturated rings. The molecule has 3 heterocycles. The van der Waals surface area contributed by atoms with Crippen molar-refractivity contribution in [3.8, 4) is 17.0 Å². The maximum absolute atomic E-state index is 14.7. The third kappa shape index (κ3) is 6.46. The summed E-state index contributed by atoms with van der Waals surface area (Å²) in [6.45, 7) is 5.55. The number of aromatic nitrogens is 2. The highest BCUT2D eigenvalue weighted by Crippen LogP contribution is 2.27. The van der Waals surface area contributed by atoms with E-state index in [1.165, 1.54) is 19.0 Å². The van der Waals surface area contributed by atoms with Crippen molar-refractivity contribution < 1.29 is 18.6 Å². The van der Waals surface area contributed by atoms with E-state index < -0.39 is 5.82 Å². The Morgan fingerprint density at radius 3 is 2.69 bits per heavy atom. The van der Waals surface area contributed by atoms with Crippen LogP contribution in [0, 0.1) is 5.82 Å². The van der Waals surface area contributed by atoms with Crippen LogP contribution in [0.4, 0.5) is 16.0 Å². The number of hydrogen-bond donors (Lipinski definition) is 1. The van der Waals surface area contributed by atoms with Crippen LogP contribution < -0.4 is 10.1 Å². The zero-order chi connectivity index (χ0) is 24.6. The standard InChI is InChI=1S/C28H31FN4O3/c29-25-18-30-28-31-24-8-9-26(36-15-12-33-10-1-2-11-33)23(17-24)20-35-14-4-3-13-34-19-21-6-5-7-22(16-21)27(25)32-28/h3-9,16-18H,1-2,10-15,19-20H2,(H,30,31,32)/b4-3+. The van der Waals surface area contributed by atoms with Crippen LogP contribution in [0.25, 0.3) is 11.3 Å². The molecule has 6 bridgehead atoms. The van der Waals surface area contributed by atoms with E-state index in [0.717, 1.165) is 42.2 Å². The van der Waals surface area contributed by atoms with Crippen molar-refractivity contribution in [2.24, 2.45) is 0 Å². The summed E-state index contributed by atoms with van der Waals surface area (Å²) in [5.41, 5.74) is 3.54. The van der Waals surface area contributed by atoms with E-state index in [0.29, 0.717) is 44.5 Å². The Labute approximate surface area is 210 Å². The molecule has 8 heteroatoms. The van der Waals surface area contributed by atoms with Gasteiger partial charge < -0.3 is 19.5 Å². The first-order chi connectivity index (χ1) is 17.7. The molecule has 2 aliphatic rings. The van der Waals surface area contributed by atoms with Crippen molar-refractivity contribution in [2.75, 3.05) is 44.8 Å². The summed E-state index contributed by atoms with van der Waals surface area (Å²) in [6, 6.07) is 13.4. The highest BCUT2D eigenvalue weighted by atomic mass is 19.1. The summed E-state index contributed by atoms with van der Waals surface area (Å²) in [5, 5.41) is 3.20. The van der Waals surface area contributed by atoms with Crippen molar-refractivity contribution >= 4 is 11.6 Å². The molecule has 0 amide bonds. The summed E-state index contributed by atoms with van der Waals surface area (Å²) in [5.74, 6) is 0.623. The predicted molar refractivity (Wildman–Crippen MR) is 137 cm³/mol. The first-order valence-corrected chi connectivity index (χ1v) is 12.4. The zero-order valence-corrected chi connectivity index (χ0v) is 20.3. The lowest BCUT2D eigenvalue weighted by molar-refractivity contribution is 0.138. The molecule has 3 aromatic rings. The van der Waals surface area contributed by atoms with Crippen molar-refractivity contribution in [1.82, 2.24) is 14.9 Å². The van der Waals surface area contributed by atoms with Gasteiger partial charge in [-0.3, -0.25) is 4.90 Å². The van der Waals surface area contributed by atoms with Crippen molar-refractivity contribution in [2.45, 2.75) is 26.1 Å². The molecule has 1 saturated heterocycles. The van der Waals surface area contributed by atoms with Crippen LogP contribution in [0.15, 0.2) is 60.8 Å². The molecule has 0 saturated carbocycles. The minimum Gasteiger partial charge on any atom is -0.492 e. The molecule has 0 aliphatic carbocycles. The number of nitrogens with one attached hydrogen (secondary N) is 1. The fraction of sp³-hybridized carbons (Fsp3) is 0.357. The molecule has 0 radical (unpaired) electrons. The minimum absolute atomic E-state index is 0.237. The van der Waals surface area contributed by atoms with E-state index in [2.05, 4.69) is 20.2 Å². The molecule has 1 aromatic heterocycles. The van der Waals surface area contributed by atoms with Gasteiger partial charge in [0.05, 0.1) is 32.6 Å². The van der Waals surface area contributed by atoms with Gasteiger partial charge in [-0.15, -0.1) is 0 Å². The molecule has 5 rings (SSSR count). The van der Waals surface area contributed by atoms with Crippen LogP contribution in [0.5, 0.6) is 5.75 Å². The molecule has 1 N–H and O–H groups in total. The molecule has 36 heavy (non-hydrogen) atoms. The van der Waals surface area contributed by atoms with E-state index in [4.69, 9.17) is 14.2 Å². The van der Waals surface area contributed by atoms with Crippen LogP contribution in [0.3, 0.4) is 0 Å². The number of halogens is 1. The van der Waals surface area contributed by atoms with Crippen molar-refractivity contribution in [3.63, 3.8) is 0 Å². The number of hydrogen-bond acceptors (Lipinski definition) is 7. The molecule has 2 aromatic carbocycles. The summed E-state index contributed by atoms with van der Waals surface area (Å²) in [6.07, 6.45) is 7.60. The average molecular weight is 491 g/mol. The zero-order valence-electron chi connectivity index (χ0n) is 20.3. The number of anilines is 2. The number of nitrogens with zero attached hydrogens (tertiary/aromatic N) is 3. The predicted octanol–water partition coefficient (Wildman–Crippen LogP) is 5.10. The normalized spacial score (nSPS) is 17.6. The fourth-order valence-corrected chi connectivity index (χ4v) is 4.39. The monoisotopic (exact) mass is 490 g/mol. The van der Waals surface area contributed by atoms with Crippen molar-refractivity contribution in [3.05, 3.63) is 77.8 Å².